The predicted octanol–water partition coefficient (Wildman–Crippen LogP) is 0.453. The summed E-state index contributed by atoms with van der Waals surface area (Å²) in [6.07, 6.45) is 2.97. The van der Waals surface area contributed by atoms with Crippen LogP contribution in [0.1, 0.15) is 13.8 Å². The Morgan fingerprint density at radius 3 is 2.53 bits per heavy atom. The Morgan fingerprint density at radius 1 is 1.35 bits per heavy atom. The highest BCUT2D eigenvalue weighted by atomic mass is 32.2. The summed E-state index contributed by atoms with van der Waals surface area (Å²) in [5, 5.41) is 3.31. The Morgan fingerprint density at radius 2 is 2.00 bits per heavy atom. The zero-order valence-electron chi connectivity index (χ0n) is 10.00. The molecule has 6 heteroatoms. The van der Waals surface area contributed by atoms with Crippen LogP contribution in [0.4, 0.5) is 0 Å². The highest BCUT2D eigenvalue weighted by molar-refractivity contribution is 7.89. The van der Waals surface area contributed by atoms with Gasteiger partial charge in [0.2, 0.25) is 10.0 Å². The number of sulfonamides is 1. The van der Waals surface area contributed by atoms with Gasteiger partial charge in [-0.05, 0) is 26.0 Å². The lowest BCUT2D eigenvalue weighted by Crippen LogP contribution is -2.55. The van der Waals surface area contributed by atoms with E-state index in [2.05, 4.69) is 10.3 Å². The van der Waals surface area contributed by atoms with Gasteiger partial charge in [0.25, 0.3) is 0 Å². The van der Waals surface area contributed by atoms with Gasteiger partial charge in [0.05, 0.1) is 0 Å². The minimum atomic E-state index is -3.40. The molecule has 1 fully saturated rings. The van der Waals surface area contributed by atoms with E-state index in [0.717, 1.165) is 0 Å². The van der Waals surface area contributed by atoms with Crippen molar-refractivity contribution in [3.8, 4) is 0 Å². The standard InChI is InChI=1S/C11H17N3O2S/c1-9-7-14(8-10(2)13-9)17(15,16)11-4-3-5-12-6-11/h3-6,9-10,13H,7-8H2,1-2H3/t9-,10-/m1/s1. The monoisotopic (exact) mass is 255 g/mol. The molecule has 2 rings (SSSR count). The second kappa shape index (κ2) is 4.72. The summed E-state index contributed by atoms with van der Waals surface area (Å²) in [5.74, 6) is 0. The van der Waals surface area contributed by atoms with Crippen molar-refractivity contribution in [2.24, 2.45) is 0 Å². The van der Waals surface area contributed by atoms with E-state index in [-0.39, 0.29) is 17.0 Å². The van der Waals surface area contributed by atoms with Crippen molar-refractivity contribution in [2.75, 3.05) is 13.1 Å². The van der Waals surface area contributed by atoms with Gasteiger partial charge in [-0.25, -0.2) is 8.42 Å². The molecule has 2 atom stereocenters. The summed E-state index contributed by atoms with van der Waals surface area (Å²) in [5.41, 5.74) is 0. The highest BCUT2D eigenvalue weighted by Crippen LogP contribution is 2.17. The molecule has 1 aliphatic rings. The van der Waals surface area contributed by atoms with Crippen LogP contribution in [-0.4, -0.2) is 42.9 Å². The molecule has 0 amide bonds. The number of hydrogen-bond acceptors (Lipinski definition) is 4. The van der Waals surface area contributed by atoms with E-state index < -0.39 is 10.0 Å². The van der Waals surface area contributed by atoms with Crippen molar-refractivity contribution >= 4 is 10.0 Å². The Bertz CT molecular complexity index is 465. The molecular weight excluding hydrogens is 238 g/mol. The molecule has 0 bridgehead atoms. The van der Waals surface area contributed by atoms with Crippen LogP contribution in [0.5, 0.6) is 0 Å². The number of nitrogens with zero attached hydrogens (tertiary/aromatic N) is 2. The average Bonchev–Trinajstić information content (AvgIpc) is 2.29. The first-order chi connectivity index (χ1) is 8.00. The van der Waals surface area contributed by atoms with E-state index in [0.29, 0.717) is 13.1 Å². The topological polar surface area (TPSA) is 62.3 Å². The molecule has 5 nitrogen and oxygen atoms in total. The summed E-state index contributed by atoms with van der Waals surface area (Å²) in [6, 6.07) is 3.57. The lowest BCUT2D eigenvalue weighted by atomic mass is 10.2. The van der Waals surface area contributed by atoms with Crippen LogP contribution in [0.3, 0.4) is 0 Å². The van der Waals surface area contributed by atoms with Crippen LogP contribution in [0.15, 0.2) is 29.4 Å². The second-order valence-corrected chi connectivity index (χ2v) is 6.42. The minimum Gasteiger partial charge on any atom is -0.309 e. The molecule has 1 aliphatic heterocycles. The fourth-order valence-electron chi connectivity index (χ4n) is 2.12. The molecule has 2 heterocycles. The Balaban J connectivity index is 2.27. The zero-order valence-corrected chi connectivity index (χ0v) is 10.8. The SMILES string of the molecule is C[C@@H]1CN(S(=O)(=O)c2cccnc2)C[C@@H](C)N1. The number of pyridine rings is 1. The maximum atomic E-state index is 12.3. The number of rotatable bonds is 2. The fourth-order valence-corrected chi connectivity index (χ4v) is 3.70. The van der Waals surface area contributed by atoms with Crippen molar-refractivity contribution in [3.05, 3.63) is 24.5 Å². The van der Waals surface area contributed by atoms with Gasteiger partial charge in [-0.3, -0.25) is 4.98 Å². The third-order valence-electron chi connectivity index (χ3n) is 2.80. The molecule has 0 unspecified atom stereocenters. The molecule has 0 saturated carbocycles. The quantitative estimate of drug-likeness (QED) is 0.833. The fraction of sp³-hybridized carbons (Fsp3) is 0.545. The summed E-state index contributed by atoms with van der Waals surface area (Å²) >= 11 is 0. The first kappa shape index (κ1) is 12.5. The average molecular weight is 255 g/mol. The minimum absolute atomic E-state index is 0.171. The first-order valence-corrected chi connectivity index (χ1v) is 7.10. The third-order valence-corrected chi connectivity index (χ3v) is 4.61. The lowest BCUT2D eigenvalue weighted by Gasteiger charge is -2.35. The highest BCUT2D eigenvalue weighted by Gasteiger charge is 2.31. The molecule has 94 valence electrons. The number of hydrogen-bond donors (Lipinski definition) is 1. The van der Waals surface area contributed by atoms with Crippen LogP contribution in [0, 0.1) is 0 Å². The molecular formula is C11H17N3O2S. The van der Waals surface area contributed by atoms with Crippen molar-refractivity contribution in [3.63, 3.8) is 0 Å². The molecule has 17 heavy (non-hydrogen) atoms. The van der Waals surface area contributed by atoms with Gasteiger partial charge in [0.1, 0.15) is 4.90 Å². The van der Waals surface area contributed by atoms with E-state index in [4.69, 9.17) is 0 Å². The Kier molecular flexibility index (Phi) is 3.46. The summed E-state index contributed by atoms with van der Waals surface area (Å²) < 4.78 is 26.2. The summed E-state index contributed by atoms with van der Waals surface area (Å²) in [7, 11) is -3.40. The van der Waals surface area contributed by atoms with E-state index in [1.54, 1.807) is 18.3 Å². The smallest absolute Gasteiger partial charge is 0.244 e. The second-order valence-electron chi connectivity index (χ2n) is 4.48. The van der Waals surface area contributed by atoms with Crippen molar-refractivity contribution in [1.82, 2.24) is 14.6 Å². The van der Waals surface area contributed by atoms with Gasteiger partial charge < -0.3 is 5.32 Å². The van der Waals surface area contributed by atoms with Gasteiger partial charge >= 0.3 is 0 Å². The van der Waals surface area contributed by atoms with Crippen molar-refractivity contribution in [1.29, 1.82) is 0 Å². The molecule has 0 spiro atoms. The summed E-state index contributed by atoms with van der Waals surface area (Å²) in [4.78, 5) is 4.13. The van der Waals surface area contributed by atoms with Crippen molar-refractivity contribution < 1.29 is 8.42 Å². The maximum Gasteiger partial charge on any atom is 0.244 e. The number of nitrogens with one attached hydrogen (secondary N) is 1. The Labute approximate surface area is 102 Å². The maximum absolute atomic E-state index is 12.3. The molecule has 0 aromatic carbocycles. The number of piperazine rings is 1. The van der Waals surface area contributed by atoms with E-state index in [1.807, 2.05) is 13.8 Å². The van der Waals surface area contributed by atoms with Crippen LogP contribution in [-0.2, 0) is 10.0 Å². The molecule has 0 aliphatic carbocycles. The predicted molar refractivity (Wildman–Crippen MR) is 65.1 cm³/mol. The van der Waals surface area contributed by atoms with E-state index in [9.17, 15) is 8.42 Å². The largest absolute Gasteiger partial charge is 0.309 e. The van der Waals surface area contributed by atoms with Gasteiger partial charge in [0, 0.05) is 37.6 Å². The van der Waals surface area contributed by atoms with Gasteiger partial charge in [-0.1, -0.05) is 0 Å². The van der Waals surface area contributed by atoms with Crippen molar-refractivity contribution in [2.45, 2.75) is 30.8 Å². The molecule has 1 saturated heterocycles. The van der Waals surface area contributed by atoms with Crippen LogP contribution >= 0.6 is 0 Å². The lowest BCUT2D eigenvalue weighted by molar-refractivity contribution is 0.263. The number of aromatic nitrogens is 1. The van der Waals surface area contributed by atoms with Crippen LogP contribution < -0.4 is 5.32 Å². The molecule has 0 radical (unpaired) electrons. The van der Waals surface area contributed by atoms with Gasteiger partial charge in [-0.2, -0.15) is 4.31 Å². The first-order valence-electron chi connectivity index (χ1n) is 5.66. The summed E-state index contributed by atoms with van der Waals surface area (Å²) in [6.45, 7) is 4.98. The molecule has 1 aromatic heterocycles. The van der Waals surface area contributed by atoms with Gasteiger partial charge in [-0.15, -0.1) is 0 Å². The Hall–Kier alpha value is -0.980. The normalized spacial score (nSPS) is 26.9. The van der Waals surface area contributed by atoms with E-state index in [1.165, 1.54) is 10.5 Å². The molecule has 1 aromatic rings. The van der Waals surface area contributed by atoms with Gasteiger partial charge in [0.15, 0.2) is 0 Å². The van der Waals surface area contributed by atoms with E-state index >= 15 is 0 Å². The zero-order chi connectivity index (χ0) is 12.5. The van der Waals surface area contributed by atoms with Crippen LogP contribution in [0.2, 0.25) is 0 Å². The van der Waals surface area contributed by atoms with Crippen LogP contribution in [0.25, 0.3) is 0 Å². The third kappa shape index (κ3) is 2.65. The molecule has 1 N–H and O–H groups in total.